The van der Waals surface area contributed by atoms with Crippen LogP contribution >= 0.6 is 0 Å². The number of carbonyl (C=O) groups is 2. The molecule has 2 amide bonds. The number of hydrogen-bond acceptors (Lipinski definition) is 3. The quantitative estimate of drug-likeness (QED) is 0.831. The van der Waals surface area contributed by atoms with Gasteiger partial charge < -0.3 is 15.4 Å². The summed E-state index contributed by atoms with van der Waals surface area (Å²) in [5.74, 6) is 0.131. The van der Waals surface area contributed by atoms with Gasteiger partial charge in [-0.1, -0.05) is 6.07 Å². The monoisotopic (exact) mass is 250 g/mol. The number of anilines is 1. The van der Waals surface area contributed by atoms with Crippen molar-refractivity contribution >= 4 is 17.5 Å². The minimum absolute atomic E-state index is 0.0656. The molecule has 5 nitrogen and oxygen atoms in total. The fourth-order valence-electron chi connectivity index (χ4n) is 1.43. The summed E-state index contributed by atoms with van der Waals surface area (Å²) in [5, 5.41) is 5.30. The fraction of sp³-hybridized carbons (Fsp3) is 0.385. The molecular formula is C13H18N2O3. The second kappa shape index (κ2) is 6.64. The lowest BCUT2D eigenvalue weighted by atomic mass is 10.2. The van der Waals surface area contributed by atoms with E-state index in [-0.39, 0.29) is 18.4 Å². The van der Waals surface area contributed by atoms with E-state index in [0.29, 0.717) is 18.0 Å². The Morgan fingerprint density at radius 1 is 1.33 bits per heavy atom. The van der Waals surface area contributed by atoms with Gasteiger partial charge in [0.05, 0.1) is 5.69 Å². The van der Waals surface area contributed by atoms with Gasteiger partial charge in [0.25, 0.3) is 5.91 Å². The average Bonchev–Trinajstić information content (AvgIpc) is 2.29. The molecule has 0 spiro atoms. The maximum Gasteiger partial charge on any atom is 0.257 e. The molecule has 1 aromatic carbocycles. The molecule has 5 heteroatoms. The highest BCUT2D eigenvalue weighted by molar-refractivity contribution is 5.90. The third kappa shape index (κ3) is 4.45. The van der Waals surface area contributed by atoms with Crippen LogP contribution in [0, 0.1) is 6.92 Å². The first-order chi connectivity index (χ1) is 8.52. The van der Waals surface area contributed by atoms with E-state index in [4.69, 9.17) is 4.74 Å². The number of benzene rings is 1. The van der Waals surface area contributed by atoms with E-state index < -0.39 is 0 Å². The van der Waals surface area contributed by atoms with Crippen LogP contribution in [-0.4, -0.2) is 25.0 Å². The van der Waals surface area contributed by atoms with E-state index in [1.54, 1.807) is 12.1 Å². The summed E-state index contributed by atoms with van der Waals surface area (Å²) in [6.07, 6.45) is 0. The second-order valence-corrected chi connectivity index (χ2v) is 3.92. The molecule has 0 aromatic heterocycles. The van der Waals surface area contributed by atoms with Crippen LogP contribution in [0.2, 0.25) is 0 Å². The van der Waals surface area contributed by atoms with Crippen molar-refractivity contribution in [3.63, 3.8) is 0 Å². The summed E-state index contributed by atoms with van der Waals surface area (Å²) >= 11 is 0. The van der Waals surface area contributed by atoms with Gasteiger partial charge in [-0.25, -0.2) is 0 Å². The number of hydrogen-bond donors (Lipinski definition) is 2. The van der Waals surface area contributed by atoms with Crippen molar-refractivity contribution in [2.75, 3.05) is 18.5 Å². The van der Waals surface area contributed by atoms with Crippen LogP contribution in [0.25, 0.3) is 0 Å². The molecule has 2 N–H and O–H groups in total. The van der Waals surface area contributed by atoms with Crippen molar-refractivity contribution < 1.29 is 14.3 Å². The van der Waals surface area contributed by atoms with Crippen LogP contribution in [0.3, 0.4) is 0 Å². The van der Waals surface area contributed by atoms with Crippen LogP contribution in [0.1, 0.15) is 19.4 Å². The van der Waals surface area contributed by atoms with Crippen molar-refractivity contribution in [2.24, 2.45) is 0 Å². The number of amides is 2. The van der Waals surface area contributed by atoms with E-state index >= 15 is 0 Å². The smallest absolute Gasteiger partial charge is 0.257 e. The molecule has 0 unspecified atom stereocenters. The lowest BCUT2D eigenvalue weighted by Crippen LogP contribution is -2.28. The van der Waals surface area contributed by atoms with Crippen molar-refractivity contribution in [3.8, 4) is 5.75 Å². The molecule has 0 aliphatic carbocycles. The van der Waals surface area contributed by atoms with Gasteiger partial charge in [0.15, 0.2) is 6.61 Å². The first kappa shape index (κ1) is 14.0. The summed E-state index contributed by atoms with van der Waals surface area (Å²) in [6.45, 7) is 5.68. The van der Waals surface area contributed by atoms with Crippen molar-refractivity contribution in [1.82, 2.24) is 5.32 Å². The number of aryl methyl sites for hydroxylation is 1. The number of carbonyl (C=O) groups excluding carboxylic acids is 2. The number of rotatable bonds is 5. The van der Waals surface area contributed by atoms with E-state index in [9.17, 15) is 9.59 Å². The number of nitrogens with one attached hydrogen (secondary N) is 2. The van der Waals surface area contributed by atoms with Gasteiger partial charge in [0.2, 0.25) is 5.91 Å². The molecule has 18 heavy (non-hydrogen) atoms. The Morgan fingerprint density at radius 3 is 2.67 bits per heavy atom. The molecule has 0 aliphatic heterocycles. The molecule has 0 radical (unpaired) electrons. The Kier molecular flexibility index (Phi) is 5.17. The van der Waals surface area contributed by atoms with Gasteiger partial charge in [0.1, 0.15) is 5.75 Å². The predicted molar refractivity (Wildman–Crippen MR) is 69.7 cm³/mol. The minimum atomic E-state index is -0.187. The Hall–Kier alpha value is -2.04. The van der Waals surface area contributed by atoms with E-state index in [1.807, 2.05) is 19.9 Å². The van der Waals surface area contributed by atoms with E-state index in [2.05, 4.69) is 10.6 Å². The molecular weight excluding hydrogens is 232 g/mol. The minimum Gasteiger partial charge on any atom is -0.482 e. The zero-order valence-electron chi connectivity index (χ0n) is 10.9. The Morgan fingerprint density at radius 2 is 2.06 bits per heavy atom. The molecule has 1 rings (SSSR count). The molecule has 0 fully saturated rings. The number of ether oxygens (including phenoxy) is 1. The van der Waals surface area contributed by atoms with Crippen LogP contribution in [0.15, 0.2) is 18.2 Å². The first-order valence-electron chi connectivity index (χ1n) is 5.80. The van der Waals surface area contributed by atoms with Crippen LogP contribution < -0.4 is 15.4 Å². The third-order valence-electron chi connectivity index (χ3n) is 2.18. The van der Waals surface area contributed by atoms with Gasteiger partial charge in [-0.05, 0) is 31.5 Å². The molecule has 0 aliphatic rings. The van der Waals surface area contributed by atoms with Gasteiger partial charge >= 0.3 is 0 Å². The molecule has 0 bridgehead atoms. The normalized spacial score (nSPS) is 9.72. The highest BCUT2D eigenvalue weighted by atomic mass is 16.5. The SMILES string of the molecule is CCNC(=O)COc1cc(C)ccc1NC(C)=O. The Labute approximate surface area is 107 Å². The summed E-state index contributed by atoms with van der Waals surface area (Å²) < 4.78 is 5.41. The molecule has 0 atom stereocenters. The van der Waals surface area contributed by atoms with E-state index in [0.717, 1.165) is 5.56 Å². The summed E-state index contributed by atoms with van der Waals surface area (Å²) in [7, 11) is 0. The molecule has 0 heterocycles. The zero-order chi connectivity index (χ0) is 13.5. The molecule has 0 saturated carbocycles. The Bertz CT molecular complexity index is 444. The van der Waals surface area contributed by atoms with Crippen molar-refractivity contribution in [1.29, 1.82) is 0 Å². The maximum absolute atomic E-state index is 11.3. The summed E-state index contributed by atoms with van der Waals surface area (Å²) in [6, 6.07) is 5.40. The summed E-state index contributed by atoms with van der Waals surface area (Å²) in [5.41, 5.74) is 1.56. The first-order valence-corrected chi connectivity index (χ1v) is 5.80. The van der Waals surface area contributed by atoms with E-state index in [1.165, 1.54) is 6.92 Å². The van der Waals surface area contributed by atoms with Gasteiger partial charge in [0, 0.05) is 13.5 Å². The van der Waals surface area contributed by atoms with Gasteiger partial charge in [-0.3, -0.25) is 9.59 Å². The third-order valence-corrected chi connectivity index (χ3v) is 2.18. The lowest BCUT2D eigenvalue weighted by Gasteiger charge is -2.12. The van der Waals surface area contributed by atoms with Gasteiger partial charge in [-0.15, -0.1) is 0 Å². The Balaban J connectivity index is 2.75. The highest BCUT2D eigenvalue weighted by Crippen LogP contribution is 2.25. The number of likely N-dealkylation sites (N-methyl/N-ethyl adjacent to an activating group) is 1. The van der Waals surface area contributed by atoms with Crippen LogP contribution in [0.4, 0.5) is 5.69 Å². The highest BCUT2D eigenvalue weighted by Gasteiger charge is 2.08. The topological polar surface area (TPSA) is 67.4 Å². The van der Waals surface area contributed by atoms with Gasteiger partial charge in [-0.2, -0.15) is 0 Å². The zero-order valence-corrected chi connectivity index (χ0v) is 10.9. The fourth-order valence-corrected chi connectivity index (χ4v) is 1.43. The molecule has 1 aromatic rings. The second-order valence-electron chi connectivity index (χ2n) is 3.92. The predicted octanol–water partition coefficient (Wildman–Crippen LogP) is 1.47. The van der Waals surface area contributed by atoms with Crippen molar-refractivity contribution in [3.05, 3.63) is 23.8 Å². The van der Waals surface area contributed by atoms with Crippen molar-refractivity contribution in [2.45, 2.75) is 20.8 Å². The standard InChI is InChI=1S/C13H18N2O3/c1-4-14-13(17)8-18-12-7-9(2)5-6-11(12)15-10(3)16/h5-7H,4,8H2,1-3H3,(H,14,17)(H,15,16). The summed E-state index contributed by atoms with van der Waals surface area (Å²) in [4.78, 5) is 22.4. The largest absolute Gasteiger partial charge is 0.482 e. The lowest BCUT2D eigenvalue weighted by molar-refractivity contribution is -0.123. The van der Waals surface area contributed by atoms with Crippen LogP contribution in [0.5, 0.6) is 5.75 Å². The maximum atomic E-state index is 11.3. The molecule has 0 saturated heterocycles. The molecule has 98 valence electrons. The average molecular weight is 250 g/mol. The van der Waals surface area contributed by atoms with Crippen LogP contribution in [-0.2, 0) is 9.59 Å².